The number of hydrogen-bond acceptors (Lipinski definition) is 10. The van der Waals surface area contributed by atoms with Gasteiger partial charge in [-0.25, -0.2) is 19.9 Å². The minimum Gasteiger partial charge on any atom is -0.497 e. The van der Waals surface area contributed by atoms with Crippen LogP contribution in [0.2, 0.25) is 0 Å². The van der Waals surface area contributed by atoms with Crippen LogP contribution < -0.4 is 15.4 Å². The lowest BCUT2D eigenvalue weighted by Crippen LogP contribution is -2.37. The number of morpholine rings is 1. The molecule has 0 spiro atoms. The van der Waals surface area contributed by atoms with Gasteiger partial charge in [-0.05, 0) is 17.7 Å². The van der Waals surface area contributed by atoms with Crippen molar-refractivity contribution in [2.75, 3.05) is 44.0 Å². The summed E-state index contributed by atoms with van der Waals surface area (Å²) in [6.45, 7) is 3.90. The molecule has 4 heterocycles. The molecule has 10 heteroatoms. The molecule has 0 bridgehead atoms. The normalized spacial score (nSPS) is 18.2. The van der Waals surface area contributed by atoms with Crippen LogP contribution in [0.25, 0.3) is 11.4 Å². The van der Waals surface area contributed by atoms with Crippen molar-refractivity contribution in [3.63, 3.8) is 0 Å². The summed E-state index contributed by atoms with van der Waals surface area (Å²) in [4.78, 5) is 34.4. The molecule has 0 aliphatic carbocycles. The highest BCUT2D eigenvalue weighted by Gasteiger charge is 2.36. The van der Waals surface area contributed by atoms with Crippen molar-refractivity contribution in [2.24, 2.45) is 0 Å². The van der Waals surface area contributed by atoms with E-state index in [2.05, 4.69) is 19.8 Å². The van der Waals surface area contributed by atoms with Crippen molar-refractivity contribution in [3.8, 4) is 17.1 Å². The fourth-order valence-corrected chi connectivity index (χ4v) is 4.25. The zero-order chi connectivity index (χ0) is 22.8. The number of rotatable bonds is 6. The number of nitrogen functional groups attached to an aromatic ring is 1. The van der Waals surface area contributed by atoms with Gasteiger partial charge in [-0.1, -0.05) is 12.1 Å². The van der Waals surface area contributed by atoms with Gasteiger partial charge in [0, 0.05) is 44.1 Å². The first kappa shape index (κ1) is 21.2. The summed E-state index contributed by atoms with van der Waals surface area (Å²) in [6, 6.07) is 7.39. The SMILES string of the molecule is COc1ccc(CN2Cc3c(nc(-c4cnc(N)nc4)nc3N3CCOCC3)C2C=O)cc1. The molecular weight excluding hydrogens is 422 g/mol. The van der Waals surface area contributed by atoms with Gasteiger partial charge in [0.25, 0.3) is 0 Å². The molecule has 0 saturated carbocycles. The summed E-state index contributed by atoms with van der Waals surface area (Å²) in [7, 11) is 1.64. The Morgan fingerprint density at radius 2 is 1.88 bits per heavy atom. The largest absolute Gasteiger partial charge is 0.497 e. The molecule has 1 aromatic carbocycles. The zero-order valence-electron chi connectivity index (χ0n) is 18.3. The Hall–Kier alpha value is -3.63. The van der Waals surface area contributed by atoms with Crippen molar-refractivity contribution in [3.05, 3.63) is 53.5 Å². The molecule has 170 valence electrons. The summed E-state index contributed by atoms with van der Waals surface area (Å²) >= 11 is 0. The van der Waals surface area contributed by atoms with Crippen LogP contribution in [0.3, 0.4) is 0 Å². The van der Waals surface area contributed by atoms with Crippen LogP contribution in [0.5, 0.6) is 5.75 Å². The highest BCUT2D eigenvalue weighted by Crippen LogP contribution is 2.38. The van der Waals surface area contributed by atoms with Crippen LogP contribution >= 0.6 is 0 Å². The molecule has 3 aromatic rings. The number of benzene rings is 1. The van der Waals surface area contributed by atoms with E-state index in [4.69, 9.17) is 25.2 Å². The standard InChI is InChI=1S/C23H25N7O3/c1-32-17-4-2-15(3-5-17)12-30-13-18-20(19(30)14-31)27-21(16-10-25-23(24)26-11-16)28-22(18)29-6-8-33-9-7-29/h2-5,10-11,14,19H,6-9,12-13H2,1H3,(H2,24,25,26). The first-order valence-corrected chi connectivity index (χ1v) is 10.8. The molecule has 0 amide bonds. The topological polar surface area (TPSA) is 120 Å². The number of carbonyl (C=O) groups excluding carboxylic acids is 1. The molecule has 2 aliphatic heterocycles. The molecule has 1 fully saturated rings. The van der Waals surface area contributed by atoms with Crippen LogP contribution in [0, 0.1) is 0 Å². The van der Waals surface area contributed by atoms with Gasteiger partial charge in [-0.15, -0.1) is 0 Å². The second-order valence-corrected chi connectivity index (χ2v) is 8.00. The first-order valence-electron chi connectivity index (χ1n) is 10.8. The van der Waals surface area contributed by atoms with Gasteiger partial charge in [-0.2, -0.15) is 0 Å². The van der Waals surface area contributed by atoms with Gasteiger partial charge in [-0.3, -0.25) is 4.90 Å². The molecule has 10 nitrogen and oxygen atoms in total. The molecule has 1 unspecified atom stereocenters. The van der Waals surface area contributed by atoms with Crippen molar-refractivity contribution < 1.29 is 14.3 Å². The van der Waals surface area contributed by atoms with Gasteiger partial charge in [0.05, 0.1) is 31.6 Å². The Kier molecular flexibility index (Phi) is 5.84. The van der Waals surface area contributed by atoms with Gasteiger partial charge < -0.3 is 24.9 Å². The van der Waals surface area contributed by atoms with Crippen molar-refractivity contribution in [2.45, 2.75) is 19.1 Å². The average Bonchev–Trinajstić information content (AvgIpc) is 3.21. The van der Waals surface area contributed by atoms with Crippen molar-refractivity contribution in [1.29, 1.82) is 0 Å². The van der Waals surface area contributed by atoms with Gasteiger partial charge in [0.2, 0.25) is 5.95 Å². The Bertz CT molecular complexity index is 1130. The number of hydrogen-bond donors (Lipinski definition) is 1. The zero-order valence-corrected chi connectivity index (χ0v) is 18.3. The summed E-state index contributed by atoms with van der Waals surface area (Å²) in [5, 5.41) is 0. The van der Waals surface area contributed by atoms with Gasteiger partial charge in [0.1, 0.15) is 23.9 Å². The van der Waals surface area contributed by atoms with E-state index in [1.807, 2.05) is 24.3 Å². The van der Waals surface area contributed by atoms with Crippen molar-refractivity contribution in [1.82, 2.24) is 24.8 Å². The van der Waals surface area contributed by atoms with E-state index in [1.54, 1.807) is 19.5 Å². The minimum absolute atomic E-state index is 0.185. The van der Waals surface area contributed by atoms with Crippen LogP contribution in [-0.2, 0) is 22.6 Å². The van der Waals surface area contributed by atoms with E-state index in [0.717, 1.165) is 47.8 Å². The Labute approximate surface area is 191 Å². The quantitative estimate of drug-likeness (QED) is 0.558. The molecule has 0 radical (unpaired) electrons. The number of anilines is 2. The van der Waals surface area contributed by atoms with Crippen LogP contribution in [0.1, 0.15) is 22.9 Å². The monoisotopic (exact) mass is 447 g/mol. The molecule has 1 saturated heterocycles. The molecule has 2 aliphatic rings. The lowest BCUT2D eigenvalue weighted by Gasteiger charge is -2.29. The van der Waals surface area contributed by atoms with E-state index >= 15 is 0 Å². The maximum Gasteiger partial charge on any atom is 0.219 e. The second kappa shape index (κ2) is 9.08. The summed E-state index contributed by atoms with van der Waals surface area (Å²) < 4.78 is 10.8. The average molecular weight is 447 g/mol. The number of aromatic nitrogens is 4. The molecule has 1 atom stereocenters. The lowest BCUT2D eigenvalue weighted by atomic mass is 10.1. The van der Waals surface area contributed by atoms with Gasteiger partial charge in [0.15, 0.2) is 5.82 Å². The third-order valence-corrected chi connectivity index (χ3v) is 5.97. The first-order chi connectivity index (χ1) is 16.2. The number of aldehydes is 1. The molecule has 2 N–H and O–H groups in total. The predicted octanol–water partition coefficient (Wildman–Crippen LogP) is 1.62. The maximum absolute atomic E-state index is 12.3. The van der Waals surface area contributed by atoms with Crippen molar-refractivity contribution >= 4 is 18.1 Å². The molecule has 5 rings (SSSR count). The molecule has 33 heavy (non-hydrogen) atoms. The van der Waals surface area contributed by atoms with E-state index in [1.165, 1.54) is 0 Å². The Morgan fingerprint density at radius 1 is 1.15 bits per heavy atom. The third-order valence-electron chi connectivity index (χ3n) is 5.97. The number of methoxy groups -OCH3 is 1. The van der Waals surface area contributed by atoms with E-state index < -0.39 is 6.04 Å². The number of nitrogens with two attached hydrogens (primary N) is 1. The molecular formula is C23H25N7O3. The maximum atomic E-state index is 12.3. The minimum atomic E-state index is -0.474. The number of nitrogens with zero attached hydrogens (tertiary/aromatic N) is 6. The fourth-order valence-electron chi connectivity index (χ4n) is 4.25. The van der Waals surface area contributed by atoms with E-state index in [-0.39, 0.29) is 5.95 Å². The number of ether oxygens (including phenoxy) is 2. The highest BCUT2D eigenvalue weighted by atomic mass is 16.5. The summed E-state index contributed by atoms with van der Waals surface area (Å²) in [5.74, 6) is 2.29. The van der Waals surface area contributed by atoms with E-state index in [0.29, 0.717) is 37.7 Å². The predicted molar refractivity (Wildman–Crippen MR) is 122 cm³/mol. The Morgan fingerprint density at radius 3 is 2.55 bits per heavy atom. The van der Waals surface area contributed by atoms with E-state index in [9.17, 15) is 4.79 Å². The number of carbonyl (C=O) groups is 1. The number of fused-ring (bicyclic) bond motifs is 1. The van der Waals surface area contributed by atoms with Crippen LogP contribution in [0.4, 0.5) is 11.8 Å². The summed E-state index contributed by atoms with van der Waals surface area (Å²) in [5.41, 5.74) is 9.09. The Balaban J connectivity index is 1.53. The van der Waals surface area contributed by atoms with Gasteiger partial charge >= 0.3 is 0 Å². The lowest BCUT2D eigenvalue weighted by molar-refractivity contribution is -0.112. The fraction of sp³-hybridized carbons (Fsp3) is 0.348. The van der Waals surface area contributed by atoms with Crippen LogP contribution in [0.15, 0.2) is 36.7 Å². The smallest absolute Gasteiger partial charge is 0.219 e. The highest BCUT2D eigenvalue weighted by molar-refractivity contribution is 5.69. The second-order valence-electron chi connectivity index (χ2n) is 8.00. The molecule has 2 aromatic heterocycles. The van der Waals surface area contributed by atoms with Crippen LogP contribution in [-0.4, -0.2) is 64.5 Å². The summed E-state index contributed by atoms with van der Waals surface area (Å²) in [6.07, 6.45) is 4.16. The third kappa shape index (κ3) is 4.22.